The molecule has 1 aromatic heterocycles. The van der Waals surface area contributed by atoms with Crippen molar-refractivity contribution in [2.75, 3.05) is 40.4 Å². The van der Waals surface area contributed by atoms with E-state index >= 15 is 0 Å². The van der Waals surface area contributed by atoms with Crippen LogP contribution in [0.15, 0.2) is 29.1 Å². The number of nitrogens with zero attached hydrogens (tertiary/aromatic N) is 3. The monoisotopic (exact) mass is 467 g/mol. The second kappa shape index (κ2) is 10.0. The number of carbonyl (C=O) groups is 2. The number of likely N-dealkylation sites (tertiary alicyclic amines) is 1. The molecule has 0 unspecified atom stereocenters. The number of methoxy groups -OCH3 is 1. The second-order valence-electron chi connectivity index (χ2n) is 9.41. The van der Waals surface area contributed by atoms with Crippen LogP contribution in [0.25, 0.3) is 0 Å². The van der Waals surface area contributed by atoms with Gasteiger partial charge in [0.25, 0.3) is 5.56 Å². The summed E-state index contributed by atoms with van der Waals surface area (Å²) in [5.74, 6) is -0.167. The Hall–Kier alpha value is -3.13. The summed E-state index contributed by atoms with van der Waals surface area (Å²) in [5.41, 5.74) is 4.53. The number of hydrogen-bond acceptors (Lipinski definition) is 6. The first-order chi connectivity index (χ1) is 16.3. The van der Waals surface area contributed by atoms with Crippen molar-refractivity contribution in [3.05, 3.63) is 62.6 Å². The zero-order valence-electron chi connectivity index (χ0n) is 20.4. The van der Waals surface area contributed by atoms with Crippen LogP contribution in [0.5, 0.6) is 5.75 Å². The zero-order chi connectivity index (χ0) is 24.4. The maximum Gasteiger partial charge on any atom is 0.343 e. The summed E-state index contributed by atoms with van der Waals surface area (Å²) in [6.45, 7) is 7.77. The van der Waals surface area contributed by atoms with Gasteiger partial charge in [-0.25, -0.2) is 4.79 Å². The van der Waals surface area contributed by atoms with Crippen molar-refractivity contribution in [3.8, 4) is 5.75 Å². The highest BCUT2D eigenvalue weighted by atomic mass is 16.5. The molecule has 0 spiro atoms. The van der Waals surface area contributed by atoms with Gasteiger partial charge in [-0.1, -0.05) is 18.2 Å². The van der Waals surface area contributed by atoms with Crippen LogP contribution in [0.2, 0.25) is 0 Å². The van der Waals surface area contributed by atoms with Gasteiger partial charge in [0.1, 0.15) is 11.3 Å². The van der Waals surface area contributed by atoms with Crippen molar-refractivity contribution in [3.63, 3.8) is 0 Å². The lowest BCUT2D eigenvalue weighted by Crippen LogP contribution is -2.29. The smallest absolute Gasteiger partial charge is 0.343 e. The molecule has 8 heteroatoms. The lowest BCUT2D eigenvalue weighted by atomic mass is 10.1. The summed E-state index contributed by atoms with van der Waals surface area (Å²) < 4.78 is 12.7. The molecule has 2 aliphatic heterocycles. The summed E-state index contributed by atoms with van der Waals surface area (Å²) in [4.78, 5) is 41.6. The number of pyridine rings is 1. The lowest BCUT2D eigenvalue weighted by Gasteiger charge is -2.20. The summed E-state index contributed by atoms with van der Waals surface area (Å²) in [6.07, 6.45) is 0.938. The van der Waals surface area contributed by atoms with Gasteiger partial charge in [-0.15, -0.1) is 0 Å². The molecule has 1 aromatic carbocycles. The van der Waals surface area contributed by atoms with Crippen molar-refractivity contribution in [2.24, 2.45) is 5.92 Å². The third kappa shape index (κ3) is 5.01. The fraction of sp³-hybridized carbons (Fsp3) is 0.500. The van der Waals surface area contributed by atoms with Gasteiger partial charge < -0.3 is 18.9 Å². The van der Waals surface area contributed by atoms with E-state index in [2.05, 4.69) is 36.9 Å². The molecule has 1 atom stereocenters. The zero-order valence-corrected chi connectivity index (χ0v) is 20.4. The number of benzene rings is 1. The third-order valence-corrected chi connectivity index (χ3v) is 6.95. The predicted octanol–water partition coefficient (Wildman–Crippen LogP) is 2.17. The maximum atomic E-state index is 13.0. The number of fused-ring (bicyclic) bond motifs is 1. The lowest BCUT2D eigenvalue weighted by molar-refractivity contribution is -0.126. The number of ether oxygens (including phenoxy) is 2. The number of hydrogen-bond donors (Lipinski definition) is 0. The van der Waals surface area contributed by atoms with Gasteiger partial charge in [0.15, 0.2) is 0 Å². The van der Waals surface area contributed by atoms with Crippen molar-refractivity contribution in [1.82, 2.24) is 14.4 Å². The van der Waals surface area contributed by atoms with E-state index in [-0.39, 0.29) is 29.7 Å². The highest BCUT2D eigenvalue weighted by molar-refractivity contribution is 5.93. The van der Waals surface area contributed by atoms with Gasteiger partial charge in [0.05, 0.1) is 13.7 Å². The molecule has 34 heavy (non-hydrogen) atoms. The molecule has 1 fully saturated rings. The molecular formula is C26H33N3O5. The molecule has 2 aliphatic rings. The van der Waals surface area contributed by atoms with E-state index in [1.165, 1.54) is 29.9 Å². The van der Waals surface area contributed by atoms with Gasteiger partial charge in [0, 0.05) is 70.3 Å². The quantitative estimate of drug-likeness (QED) is 0.606. The van der Waals surface area contributed by atoms with E-state index in [9.17, 15) is 14.4 Å². The van der Waals surface area contributed by atoms with Crippen LogP contribution >= 0.6 is 0 Å². The highest BCUT2D eigenvalue weighted by Gasteiger charge is 2.30. The second-order valence-corrected chi connectivity index (χ2v) is 9.41. The van der Waals surface area contributed by atoms with E-state index in [0.717, 1.165) is 6.54 Å². The van der Waals surface area contributed by atoms with Crippen molar-refractivity contribution in [2.45, 2.75) is 39.8 Å². The van der Waals surface area contributed by atoms with Crippen LogP contribution in [0, 0.1) is 19.8 Å². The Labute approximate surface area is 200 Å². The number of aromatic nitrogens is 1. The SMILES string of the molecule is COC(=O)c1c(OC[C@H]2CC(=O)N(C)C2)cc(=O)n2c1CCN(Cc1ccc(C)c(C)c1)CC2. The molecule has 8 nitrogen and oxygen atoms in total. The van der Waals surface area contributed by atoms with Gasteiger partial charge in [-0.05, 0) is 30.5 Å². The van der Waals surface area contributed by atoms with Crippen LogP contribution < -0.4 is 10.3 Å². The molecule has 4 rings (SSSR count). The Morgan fingerprint density at radius 1 is 1.09 bits per heavy atom. The summed E-state index contributed by atoms with van der Waals surface area (Å²) >= 11 is 0. The summed E-state index contributed by atoms with van der Waals surface area (Å²) in [7, 11) is 3.10. The molecule has 0 saturated carbocycles. The van der Waals surface area contributed by atoms with E-state index in [4.69, 9.17) is 9.47 Å². The Kier molecular flexibility index (Phi) is 7.07. The van der Waals surface area contributed by atoms with Crippen molar-refractivity contribution < 1.29 is 19.1 Å². The van der Waals surface area contributed by atoms with Crippen LogP contribution in [0.1, 0.15) is 39.2 Å². The minimum atomic E-state index is -0.513. The highest BCUT2D eigenvalue weighted by Crippen LogP contribution is 2.26. The maximum absolute atomic E-state index is 13.0. The van der Waals surface area contributed by atoms with Crippen LogP contribution in [-0.4, -0.2) is 66.6 Å². The topological polar surface area (TPSA) is 81.1 Å². The van der Waals surface area contributed by atoms with Crippen LogP contribution in [-0.2, 0) is 29.0 Å². The van der Waals surface area contributed by atoms with Gasteiger partial charge in [-0.3, -0.25) is 14.5 Å². The van der Waals surface area contributed by atoms with E-state index in [1.807, 2.05) is 0 Å². The first-order valence-corrected chi connectivity index (χ1v) is 11.8. The number of rotatable bonds is 6. The standard InChI is InChI=1S/C26H33N3O5/c1-17-5-6-19(11-18(17)2)15-28-8-7-21-25(26(32)33-4)22(13-24(31)29(21)10-9-28)34-16-20-12-23(30)27(3)14-20/h5-6,11,13,20H,7-10,12,14-16H2,1-4H3/t20-/m0/s1. The van der Waals surface area contributed by atoms with E-state index in [0.29, 0.717) is 50.3 Å². The minimum Gasteiger partial charge on any atom is -0.492 e. The number of esters is 1. The van der Waals surface area contributed by atoms with Crippen molar-refractivity contribution in [1.29, 1.82) is 0 Å². The van der Waals surface area contributed by atoms with Crippen LogP contribution in [0.3, 0.4) is 0 Å². The molecule has 0 radical (unpaired) electrons. The molecular weight excluding hydrogens is 434 g/mol. The molecule has 3 heterocycles. The fourth-order valence-corrected chi connectivity index (χ4v) is 4.82. The minimum absolute atomic E-state index is 0.0259. The number of carbonyl (C=O) groups excluding carboxylic acids is 2. The fourth-order valence-electron chi connectivity index (χ4n) is 4.82. The Bertz CT molecular complexity index is 1160. The first-order valence-electron chi connectivity index (χ1n) is 11.8. The molecule has 0 N–H and O–H groups in total. The number of amides is 1. The predicted molar refractivity (Wildman–Crippen MR) is 128 cm³/mol. The molecule has 0 bridgehead atoms. The number of aryl methyl sites for hydroxylation is 2. The third-order valence-electron chi connectivity index (χ3n) is 6.95. The Balaban J connectivity index is 1.56. The average molecular weight is 468 g/mol. The van der Waals surface area contributed by atoms with E-state index in [1.54, 1.807) is 16.5 Å². The molecule has 2 aromatic rings. The summed E-state index contributed by atoms with van der Waals surface area (Å²) in [6, 6.07) is 7.87. The van der Waals surface area contributed by atoms with Gasteiger partial charge in [-0.2, -0.15) is 0 Å². The van der Waals surface area contributed by atoms with Gasteiger partial charge >= 0.3 is 5.97 Å². The first kappa shape index (κ1) is 24.0. The van der Waals surface area contributed by atoms with Gasteiger partial charge in [0.2, 0.25) is 5.91 Å². The van der Waals surface area contributed by atoms with Crippen molar-refractivity contribution >= 4 is 11.9 Å². The molecule has 1 saturated heterocycles. The normalized spacial score (nSPS) is 18.5. The average Bonchev–Trinajstić information content (AvgIpc) is 2.99. The van der Waals surface area contributed by atoms with Crippen LogP contribution in [0.4, 0.5) is 0 Å². The Morgan fingerprint density at radius 3 is 2.56 bits per heavy atom. The largest absolute Gasteiger partial charge is 0.492 e. The molecule has 1 amide bonds. The molecule has 182 valence electrons. The molecule has 0 aliphatic carbocycles. The van der Waals surface area contributed by atoms with E-state index < -0.39 is 5.97 Å². The summed E-state index contributed by atoms with van der Waals surface area (Å²) in [5, 5.41) is 0. The Morgan fingerprint density at radius 2 is 1.88 bits per heavy atom.